The number of aryl methyl sites for hydroxylation is 3. The molecule has 2 heteroatoms. The number of fused-ring (bicyclic) bond motifs is 1. The maximum atomic E-state index is 13.6. The maximum Gasteiger partial charge on any atom is 0.258 e. The minimum Gasteiger partial charge on any atom is -0.307 e. The van der Waals surface area contributed by atoms with Crippen molar-refractivity contribution in [3.05, 3.63) is 105 Å². The van der Waals surface area contributed by atoms with Crippen molar-refractivity contribution < 1.29 is 0 Å². The first-order valence-corrected chi connectivity index (χ1v) is 10.1. The van der Waals surface area contributed by atoms with Crippen molar-refractivity contribution in [3.63, 3.8) is 0 Å². The van der Waals surface area contributed by atoms with E-state index in [1.165, 1.54) is 16.7 Å². The van der Waals surface area contributed by atoms with E-state index in [4.69, 9.17) is 0 Å². The van der Waals surface area contributed by atoms with Gasteiger partial charge in [-0.15, -0.1) is 0 Å². The van der Waals surface area contributed by atoms with Crippen LogP contribution in [0.25, 0.3) is 21.9 Å². The normalized spacial score (nSPS) is 11.2. The van der Waals surface area contributed by atoms with Crippen LogP contribution in [0.15, 0.2) is 65.5 Å². The Labute approximate surface area is 172 Å². The first-order chi connectivity index (χ1) is 13.9. The molecular weight excluding hydrogens is 354 g/mol. The lowest BCUT2D eigenvalue weighted by atomic mass is 9.90. The largest absolute Gasteiger partial charge is 0.307 e. The molecule has 0 N–H and O–H groups in total. The number of benzene rings is 3. The zero-order chi connectivity index (χ0) is 20.7. The summed E-state index contributed by atoms with van der Waals surface area (Å²) >= 11 is 0. The van der Waals surface area contributed by atoms with E-state index in [9.17, 15) is 4.79 Å². The second kappa shape index (κ2) is 7.36. The van der Waals surface area contributed by atoms with Gasteiger partial charge in [0.15, 0.2) is 0 Å². The lowest BCUT2D eigenvalue weighted by molar-refractivity contribution is 0.739. The fourth-order valence-corrected chi connectivity index (χ4v) is 4.21. The SMILES string of the molecule is Cc1ccc(Cn2c(C)c(-c3ccccc3)c3c(C)c(C)c(C)cc3c2=O)cc1. The van der Waals surface area contributed by atoms with Gasteiger partial charge in [-0.05, 0) is 73.9 Å². The van der Waals surface area contributed by atoms with E-state index in [1.807, 2.05) is 10.6 Å². The summed E-state index contributed by atoms with van der Waals surface area (Å²) in [5, 5.41) is 1.89. The fourth-order valence-electron chi connectivity index (χ4n) is 4.21. The molecule has 0 spiro atoms. The Kier molecular flexibility index (Phi) is 4.87. The molecule has 29 heavy (non-hydrogen) atoms. The highest BCUT2D eigenvalue weighted by Crippen LogP contribution is 2.34. The first-order valence-electron chi connectivity index (χ1n) is 10.1. The molecule has 0 amide bonds. The third-order valence-electron chi connectivity index (χ3n) is 6.18. The number of nitrogens with zero attached hydrogens (tertiary/aromatic N) is 1. The van der Waals surface area contributed by atoms with E-state index >= 15 is 0 Å². The van der Waals surface area contributed by atoms with Crippen molar-refractivity contribution in [2.24, 2.45) is 0 Å². The van der Waals surface area contributed by atoms with Crippen molar-refractivity contribution in [3.8, 4) is 11.1 Å². The molecule has 0 saturated heterocycles. The van der Waals surface area contributed by atoms with Crippen molar-refractivity contribution in [2.45, 2.75) is 41.2 Å². The number of aromatic nitrogens is 1. The third-order valence-corrected chi connectivity index (χ3v) is 6.18. The molecule has 0 fully saturated rings. The lowest BCUT2D eigenvalue weighted by Gasteiger charge is -2.21. The molecule has 0 aliphatic heterocycles. The fraction of sp³-hybridized carbons (Fsp3) is 0.222. The van der Waals surface area contributed by atoms with Gasteiger partial charge in [0.1, 0.15) is 0 Å². The zero-order valence-corrected chi connectivity index (χ0v) is 17.8. The van der Waals surface area contributed by atoms with Gasteiger partial charge in [-0.2, -0.15) is 0 Å². The van der Waals surface area contributed by atoms with E-state index < -0.39 is 0 Å². The molecule has 0 radical (unpaired) electrons. The van der Waals surface area contributed by atoms with E-state index in [0.29, 0.717) is 6.54 Å². The number of hydrogen-bond donors (Lipinski definition) is 0. The standard InChI is InChI=1S/C27H27NO/c1-17-11-13-22(14-12-17)16-28-21(5)26(23-9-7-6-8-10-23)25-20(4)19(3)18(2)15-24(25)27(28)29/h6-15H,16H2,1-5H3. The molecular formula is C27H27NO. The smallest absolute Gasteiger partial charge is 0.258 e. The summed E-state index contributed by atoms with van der Waals surface area (Å²) in [6, 6.07) is 20.9. The highest BCUT2D eigenvalue weighted by atomic mass is 16.1. The van der Waals surface area contributed by atoms with Crippen LogP contribution in [-0.4, -0.2) is 4.57 Å². The quantitative estimate of drug-likeness (QED) is 0.410. The summed E-state index contributed by atoms with van der Waals surface area (Å²) < 4.78 is 1.93. The summed E-state index contributed by atoms with van der Waals surface area (Å²) in [6.07, 6.45) is 0. The molecule has 1 aromatic heterocycles. The van der Waals surface area contributed by atoms with E-state index in [0.717, 1.165) is 38.7 Å². The predicted octanol–water partition coefficient (Wildman–Crippen LogP) is 6.26. The molecule has 0 atom stereocenters. The van der Waals surface area contributed by atoms with Crippen LogP contribution in [-0.2, 0) is 6.54 Å². The van der Waals surface area contributed by atoms with Crippen LogP contribution in [0.2, 0.25) is 0 Å². The average molecular weight is 382 g/mol. The Balaban J connectivity index is 2.09. The highest BCUT2D eigenvalue weighted by Gasteiger charge is 2.19. The maximum absolute atomic E-state index is 13.6. The van der Waals surface area contributed by atoms with Crippen LogP contribution in [0.4, 0.5) is 0 Å². The van der Waals surface area contributed by atoms with Crippen molar-refractivity contribution in [2.75, 3.05) is 0 Å². The topological polar surface area (TPSA) is 22.0 Å². The van der Waals surface area contributed by atoms with Crippen molar-refractivity contribution >= 4 is 10.8 Å². The van der Waals surface area contributed by atoms with Crippen molar-refractivity contribution in [1.29, 1.82) is 0 Å². The van der Waals surface area contributed by atoms with E-state index in [1.54, 1.807) is 0 Å². The van der Waals surface area contributed by atoms with Gasteiger partial charge in [-0.3, -0.25) is 4.79 Å². The van der Waals surface area contributed by atoms with Crippen LogP contribution in [0.3, 0.4) is 0 Å². The molecule has 4 aromatic rings. The van der Waals surface area contributed by atoms with Gasteiger partial charge in [-0.25, -0.2) is 0 Å². The molecule has 2 nitrogen and oxygen atoms in total. The number of hydrogen-bond acceptors (Lipinski definition) is 1. The summed E-state index contributed by atoms with van der Waals surface area (Å²) in [5.74, 6) is 0. The Morgan fingerprint density at radius 2 is 1.45 bits per heavy atom. The van der Waals surface area contributed by atoms with Gasteiger partial charge < -0.3 is 4.57 Å². The van der Waals surface area contributed by atoms with Crippen molar-refractivity contribution in [1.82, 2.24) is 4.57 Å². The van der Waals surface area contributed by atoms with Gasteiger partial charge in [0.05, 0.1) is 6.54 Å². The third kappa shape index (κ3) is 3.29. The van der Waals surface area contributed by atoms with E-state index in [2.05, 4.69) is 89.2 Å². The Bertz CT molecular complexity index is 1260. The first kappa shape index (κ1) is 19.2. The lowest BCUT2D eigenvalue weighted by Crippen LogP contribution is -2.24. The van der Waals surface area contributed by atoms with E-state index in [-0.39, 0.29) is 5.56 Å². The van der Waals surface area contributed by atoms with Crippen LogP contribution >= 0.6 is 0 Å². The molecule has 1 heterocycles. The Morgan fingerprint density at radius 1 is 0.793 bits per heavy atom. The Hall–Kier alpha value is -3.13. The molecule has 0 aliphatic carbocycles. The number of rotatable bonds is 3. The second-order valence-corrected chi connectivity index (χ2v) is 8.07. The predicted molar refractivity (Wildman–Crippen MR) is 123 cm³/mol. The molecule has 146 valence electrons. The minimum absolute atomic E-state index is 0.0870. The van der Waals surface area contributed by atoms with Crippen LogP contribution in [0, 0.1) is 34.6 Å². The van der Waals surface area contributed by atoms with Gasteiger partial charge in [0.2, 0.25) is 0 Å². The molecule has 4 rings (SSSR count). The molecule has 0 aliphatic rings. The molecule has 0 bridgehead atoms. The van der Waals surface area contributed by atoms with Crippen LogP contribution in [0.1, 0.15) is 33.5 Å². The average Bonchev–Trinajstić information content (AvgIpc) is 2.72. The molecule has 3 aromatic carbocycles. The molecule has 0 saturated carbocycles. The summed E-state index contributed by atoms with van der Waals surface area (Å²) in [5.41, 5.74) is 9.39. The van der Waals surface area contributed by atoms with Gasteiger partial charge >= 0.3 is 0 Å². The van der Waals surface area contributed by atoms with Crippen LogP contribution in [0.5, 0.6) is 0 Å². The van der Waals surface area contributed by atoms with Crippen LogP contribution < -0.4 is 5.56 Å². The van der Waals surface area contributed by atoms with Gasteiger partial charge in [0, 0.05) is 16.6 Å². The monoisotopic (exact) mass is 381 g/mol. The summed E-state index contributed by atoms with van der Waals surface area (Å²) in [6.45, 7) is 11.1. The summed E-state index contributed by atoms with van der Waals surface area (Å²) in [4.78, 5) is 13.6. The highest BCUT2D eigenvalue weighted by molar-refractivity contribution is 6.00. The Morgan fingerprint density at radius 3 is 2.10 bits per heavy atom. The minimum atomic E-state index is 0.0870. The van der Waals surface area contributed by atoms with Gasteiger partial charge in [-0.1, -0.05) is 60.2 Å². The number of pyridine rings is 1. The van der Waals surface area contributed by atoms with Gasteiger partial charge in [0.25, 0.3) is 5.56 Å². The molecule has 0 unspecified atom stereocenters. The second-order valence-electron chi connectivity index (χ2n) is 8.07. The zero-order valence-electron chi connectivity index (χ0n) is 17.8. The summed E-state index contributed by atoms with van der Waals surface area (Å²) in [7, 11) is 0.